The summed E-state index contributed by atoms with van der Waals surface area (Å²) in [6, 6.07) is -14.0. The molecule has 0 spiro atoms. The van der Waals surface area contributed by atoms with Crippen LogP contribution in [0.15, 0.2) is 194 Å². The smallest absolute Gasteiger partial charge is 0.460 e. The fraction of sp³-hybridized carbons (Fsp3) is 0.302. The Labute approximate surface area is 611 Å². The molecule has 0 aromatic heterocycles. The minimum atomic E-state index is -8.59. The van der Waals surface area contributed by atoms with E-state index in [1.54, 1.807) is 0 Å². The Bertz CT molecular complexity index is 4070. The van der Waals surface area contributed by atoms with E-state index in [1.165, 1.54) is 0 Å². The molecule has 0 N–H and O–H groups in total. The molecular weight excluding hydrogens is 1740 g/mol. The lowest BCUT2D eigenvalue weighted by Crippen LogP contribution is -2.70. The Morgan fingerprint density at radius 3 is 0.574 bits per heavy atom. The maximum atomic E-state index is 16.0. The lowest BCUT2D eigenvalue weighted by Gasteiger charge is -2.41. The maximum Gasteiger partial charge on any atom is 0.460 e. The largest absolute Gasteiger partial charge is 0.535 e. The third-order valence-corrected chi connectivity index (χ3v) is 24.4. The van der Waals surface area contributed by atoms with Crippen LogP contribution in [0.3, 0.4) is 0 Å². The van der Waals surface area contributed by atoms with Crippen LogP contribution in [0.1, 0.15) is 24.0 Å². The lowest BCUT2D eigenvalue weighted by molar-refractivity contribution is -0.440. The van der Waals surface area contributed by atoms with E-state index in [4.69, 9.17) is 8.85 Å². The van der Waals surface area contributed by atoms with Crippen LogP contribution in [0.4, 0.5) is 193 Å². The van der Waals surface area contributed by atoms with Gasteiger partial charge in [0.05, 0.1) is 0 Å². The van der Waals surface area contributed by atoms with Gasteiger partial charge in [-0.05, 0) is 117 Å². The highest BCUT2D eigenvalue weighted by Gasteiger charge is 2.92. The SMILES string of the molecule is FC(F)=C(F)Oc1ccc([Si](CCC(F)(F)C(F)(F)C(F)(F)C(F)(F)C(F)(F)C(F)(F)F)(Oc2ccc(C(c3ccc(O[Si](CCC(F)(F)C(F)(F)C(F)(F)C(F)(F)C(F)(F)C(F)(F)F)(c4ccc(OC(F)=C(F)F)cc4)c4ccc(OC(F)=C(F)F)cc4)cc3)(C(F)(F)F)C(F)(F)F)cc2)c2ccc(OC(F)=C(F)F)cc2)cc1. The summed E-state index contributed by atoms with van der Waals surface area (Å²) in [6.45, 7) is 0. The first kappa shape index (κ1) is 94.3. The van der Waals surface area contributed by atoms with Gasteiger partial charge in [-0.15, -0.1) is 0 Å². The number of rotatable bonds is 32. The standard InChI is InChI=1S/C63H32F44O6Si2/c64-41(65)45(72)108-31-9-17-37(18-10-31)114(38-19-11-32(12-20-38)109-46(73)42(66)67,27-25-49(76,77)52(80,81)54(84,85)56(88,89)58(92,93)62(102,103)104)112-35-5-1-29(2-6-35)51(60(96,97)98,61(99,100)101)30-3-7-36(8-4-30)113-115(39-21-13-33(14-22-39)110-47(74)43(68)69,40-23-15-34(16-24-40)111-48(75)44(70)71)28-26-50(78,79)53(82,83)55(86,87)57(90,91)59(94,95)63(105,106)107/h1-24H,25-28H2. The number of hydrogen-bond acceptors (Lipinski definition) is 6. The van der Waals surface area contributed by atoms with Crippen LogP contribution in [0.5, 0.6) is 34.5 Å². The average molecular weight is 1780 g/mol. The summed E-state index contributed by atoms with van der Waals surface area (Å²) in [4.78, 5) is 0. The molecule has 115 heavy (non-hydrogen) atoms. The van der Waals surface area contributed by atoms with Gasteiger partial charge in [-0.3, -0.25) is 0 Å². The van der Waals surface area contributed by atoms with Crippen LogP contribution < -0.4 is 48.5 Å². The summed E-state index contributed by atoms with van der Waals surface area (Å²) >= 11 is 0. The van der Waals surface area contributed by atoms with Crippen molar-refractivity contribution in [2.24, 2.45) is 0 Å². The molecule has 0 bridgehead atoms. The molecule has 6 rings (SSSR count). The van der Waals surface area contributed by atoms with Gasteiger partial charge < -0.3 is 27.8 Å². The van der Waals surface area contributed by atoms with Gasteiger partial charge >= 0.3 is 149 Å². The van der Waals surface area contributed by atoms with Crippen molar-refractivity contribution in [2.75, 3.05) is 0 Å². The number of alkyl halides is 32. The zero-order valence-corrected chi connectivity index (χ0v) is 56.3. The predicted octanol–water partition coefficient (Wildman–Crippen LogP) is 23.3. The van der Waals surface area contributed by atoms with Crippen molar-refractivity contribution >= 4 is 37.4 Å². The van der Waals surface area contributed by atoms with E-state index in [-0.39, 0.29) is 146 Å². The molecule has 0 saturated carbocycles. The second-order valence-corrected chi connectivity index (χ2v) is 30.3. The van der Waals surface area contributed by atoms with Crippen LogP contribution >= 0.6 is 0 Å². The monoisotopic (exact) mass is 1780 g/mol. The van der Waals surface area contributed by atoms with E-state index in [2.05, 4.69) is 18.9 Å². The van der Waals surface area contributed by atoms with Crippen molar-refractivity contribution in [3.63, 3.8) is 0 Å². The molecule has 0 aliphatic carbocycles. The maximum absolute atomic E-state index is 16.0. The van der Waals surface area contributed by atoms with Crippen LogP contribution in [0, 0.1) is 0 Å². The van der Waals surface area contributed by atoms with Crippen molar-refractivity contribution in [3.8, 4) is 34.5 Å². The summed E-state index contributed by atoms with van der Waals surface area (Å²) < 4.78 is 661. The van der Waals surface area contributed by atoms with Gasteiger partial charge in [0.15, 0.2) is 0 Å². The van der Waals surface area contributed by atoms with Crippen molar-refractivity contribution < 1.29 is 221 Å². The van der Waals surface area contributed by atoms with Gasteiger partial charge in [0.25, 0.3) is 0 Å². The molecule has 0 fully saturated rings. The zero-order valence-electron chi connectivity index (χ0n) is 54.3. The zero-order chi connectivity index (χ0) is 88.1. The highest BCUT2D eigenvalue weighted by molar-refractivity contribution is 6.98. The van der Waals surface area contributed by atoms with E-state index in [1.807, 2.05) is 0 Å². The number of benzene rings is 6. The molecule has 0 atom stereocenters. The Hall–Kier alpha value is -9.57. The fourth-order valence-corrected chi connectivity index (χ4v) is 18.2. The van der Waals surface area contributed by atoms with Crippen LogP contribution in [0.25, 0.3) is 0 Å². The molecule has 0 amide bonds. The van der Waals surface area contributed by atoms with E-state index in [0.29, 0.717) is 0 Å². The normalized spacial score (nSPS) is 13.9. The highest BCUT2D eigenvalue weighted by atomic mass is 28.4. The number of ether oxygens (including phenoxy) is 4. The first-order valence-corrected chi connectivity index (χ1v) is 33.8. The van der Waals surface area contributed by atoms with Gasteiger partial charge in [0.2, 0.25) is 5.41 Å². The van der Waals surface area contributed by atoms with Gasteiger partial charge in [-0.1, -0.05) is 72.8 Å². The van der Waals surface area contributed by atoms with Gasteiger partial charge in [0, 0.05) is 12.8 Å². The van der Waals surface area contributed by atoms with Crippen molar-refractivity contribution in [2.45, 2.75) is 114 Å². The van der Waals surface area contributed by atoms with Crippen LogP contribution in [-0.4, -0.2) is 101 Å². The second-order valence-electron chi connectivity index (χ2n) is 23.3. The molecule has 0 unspecified atom stereocenters. The fourth-order valence-electron chi connectivity index (χ4n) is 10.5. The summed E-state index contributed by atoms with van der Waals surface area (Å²) in [6.07, 6.45) is -49.8. The average Bonchev–Trinajstić information content (AvgIpc) is 0.733. The second kappa shape index (κ2) is 32.1. The summed E-state index contributed by atoms with van der Waals surface area (Å²) in [5.41, 5.74) is -10.3. The third-order valence-electron chi connectivity index (χ3n) is 16.3. The van der Waals surface area contributed by atoms with Crippen molar-refractivity contribution in [1.82, 2.24) is 0 Å². The molecule has 6 aromatic rings. The molecule has 0 aliphatic rings. The van der Waals surface area contributed by atoms with Crippen LogP contribution in [-0.2, 0) is 5.41 Å². The Morgan fingerprint density at radius 1 is 0.217 bits per heavy atom. The Morgan fingerprint density at radius 2 is 0.400 bits per heavy atom. The molecule has 52 heteroatoms. The molecule has 6 aromatic carbocycles. The van der Waals surface area contributed by atoms with Gasteiger partial charge in [0.1, 0.15) is 34.5 Å². The summed E-state index contributed by atoms with van der Waals surface area (Å²) in [5.74, 6) is -89.5. The van der Waals surface area contributed by atoms with Crippen LogP contribution in [0.2, 0.25) is 12.1 Å². The summed E-state index contributed by atoms with van der Waals surface area (Å²) in [5, 5.41) is -4.51. The summed E-state index contributed by atoms with van der Waals surface area (Å²) in [7, 11) is -12.3. The Balaban J connectivity index is 1.63. The first-order valence-electron chi connectivity index (χ1n) is 29.6. The molecule has 0 heterocycles. The van der Waals surface area contributed by atoms with Gasteiger partial charge in [-0.2, -0.15) is 193 Å². The molecule has 0 aliphatic heterocycles. The molecule has 0 saturated heterocycles. The highest BCUT2D eigenvalue weighted by Crippen LogP contribution is 2.64. The van der Waals surface area contributed by atoms with Crippen molar-refractivity contribution in [3.05, 3.63) is 205 Å². The topological polar surface area (TPSA) is 55.4 Å². The predicted molar refractivity (Wildman–Crippen MR) is 307 cm³/mol. The van der Waals surface area contributed by atoms with Crippen molar-refractivity contribution in [1.29, 1.82) is 0 Å². The van der Waals surface area contributed by atoms with E-state index in [0.717, 1.165) is 0 Å². The first-order chi connectivity index (χ1) is 52.0. The number of hydrogen-bond donors (Lipinski definition) is 0. The molecule has 6 nitrogen and oxygen atoms in total. The van der Waals surface area contributed by atoms with E-state index >= 15 is 61.5 Å². The minimum absolute atomic E-state index is 0.132. The van der Waals surface area contributed by atoms with E-state index < -0.39 is 246 Å². The van der Waals surface area contributed by atoms with E-state index in [9.17, 15) is 132 Å². The van der Waals surface area contributed by atoms with Gasteiger partial charge in [-0.25, -0.2) is 0 Å². The Kier molecular flexibility index (Phi) is 26.4. The molecule has 0 radical (unpaired) electrons. The third kappa shape index (κ3) is 17.5. The lowest BCUT2D eigenvalue weighted by atomic mass is 9.73. The minimum Gasteiger partial charge on any atom is -0.535 e. The molecular formula is C63H32F44O6Si2. The number of halogens is 44. The molecule has 636 valence electrons. The quantitative estimate of drug-likeness (QED) is 0.0238.